The summed E-state index contributed by atoms with van der Waals surface area (Å²) in [7, 11) is -1.15. The van der Waals surface area contributed by atoms with Crippen LogP contribution in [0, 0.1) is 0 Å². The van der Waals surface area contributed by atoms with E-state index >= 15 is 0 Å². The van der Waals surface area contributed by atoms with Crippen LogP contribution in [-0.4, -0.2) is 26.5 Å². The second-order valence-electron chi connectivity index (χ2n) is 7.71. The van der Waals surface area contributed by atoms with Gasteiger partial charge in [0, 0.05) is 0 Å². The van der Waals surface area contributed by atoms with Crippen LogP contribution in [0.1, 0.15) is 46.5 Å². The van der Waals surface area contributed by atoms with Gasteiger partial charge in [0.15, 0.2) is 0 Å². The van der Waals surface area contributed by atoms with Crippen LogP contribution in [0.4, 0.5) is 0 Å². The van der Waals surface area contributed by atoms with E-state index in [0.29, 0.717) is 0 Å². The van der Waals surface area contributed by atoms with Gasteiger partial charge in [0.1, 0.15) is 0 Å². The van der Waals surface area contributed by atoms with Crippen molar-refractivity contribution in [3.05, 3.63) is 30.3 Å². The fourth-order valence-corrected chi connectivity index (χ4v) is 37.3. The molecule has 0 unspecified atom stereocenters. The van der Waals surface area contributed by atoms with Crippen molar-refractivity contribution in [2.24, 2.45) is 0 Å². The number of benzene rings is 1. The van der Waals surface area contributed by atoms with Crippen LogP contribution >= 0.6 is 0 Å². The Bertz CT molecular complexity index is 411. The van der Waals surface area contributed by atoms with E-state index in [4.69, 9.17) is 0 Å². The second kappa shape index (κ2) is 8.91. The van der Waals surface area contributed by atoms with E-state index in [9.17, 15) is 0 Å². The van der Waals surface area contributed by atoms with Crippen LogP contribution in [0.25, 0.3) is 0 Å². The Morgan fingerprint density at radius 1 is 0.864 bits per heavy atom. The van der Waals surface area contributed by atoms with Crippen molar-refractivity contribution in [1.82, 2.24) is 0 Å². The van der Waals surface area contributed by atoms with Crippen LogP contribution in [0.3, 0.4) is 0 Å². The molecule has 1 heterocycles. The predicted molar refractivity (Wildman–Crippen MR) is 107 cm³/mol. The molecule has 0 bridgehead atoms. The molecule has 0 atom stereocenters. The van der Waals surface area contributed by atoms with E-state index in [1.54, 1.807) is 35.0 Å². The molecule has 1 aliphatic rings. The molecule has 1 fully saturated rings. The minimum absolute atomic E-state index is 1.15. The summed E-state index contributed by atoms with van der Waals surface area (Å²) in [6.07, 6.45) is 5.90. The fourth-order valence-electron chi connectivity index (χ4n) is 4.63. The molecule has 0 aromatic heterocycles. The predicted octanol–water partition coefficient (Wildman–Crippen LogP) is 6.42. The van der Waals surface area contributed by atoms with Gasteiger partial charge in [-0.15, -0.1) is 0 Å². The molecule has 0 amide bonds. The first-order valence-corrected chi connectivity index (χ1v) is 20.5. The first-order valence-electron chi connectivity index (χ1n) is 9.76. The van der Waals surface area contributed by atoms with Crippen molar-refractivity contribution in [1.29, 1.82) is 0 Å². The number of hydrogen-bond donors (Lipinski definition) is 0. The molecule has 1 aromatic rings. The third-order valence-corrected chi connectivity index (χ3v) is 30.2. The first-order chi connectivity index (χ1) is 10.7. The topological polar surface area (TPSA) is 0 Å². The summed E-state index contributed by atoms with van der Waals surface area (Å²) in [4.78, 5) is 0. The van der Waals surface area contributed by atoms with Crippen LogP contribution in [0.2, 0.25) is 35.9 Å². The van der Waals surface area contributed by atoms with Gasteiger partial charge in [0.25, 0.3) is 0 Å². The van der Waals surface area contributed by atoms with Gasteiger partial charge in [-0.25, -0.2) is 0 Å². The molecule has 0 spiro atoms. The van der Waals surface area contributed by atoms with Crippen molar-refractivity contribution in [2.45, 2.75) is 82.3 Å². The van der Waals surface area contributed by atoms with Crippen molar-refractivity contribution in [2.75, 3.05) is 0 Å². The third kappa shape index (κ3) is 4.40. The third-order valence-electron chi connectivity index (χ3n) is 6.45. The molecule has 2 rings (SSSR count). The standard InChI is InChI=1S/C12H18Si.2C4H9.Sn/c1-4-13(5-2,6-3)12-10-8-7-9-11-12;2*1-3-4-2;/h7-11H,1-2,4-6H2,3H3;2*1,3-4H2,2H3;. The van der Waals surface area contributed by atoms with E-state index in [1.165, 1.54) is 31.7 Å². The maximum absolute atomic E-state index is 2.49. The van der Waals surface area contributed by atoms with Crippen LogP contribution in [-0.2, 0) is 0 Å². The van der Waals surface area contributed by atoms with Crippen molar-refractivity contribution < 1.29 is 0 Å². The average molecular weight is 423 g/mol. The second-order valence-corrected chi connectivity index (χ2v) is 26.8. The summed E-state index contributed by atoms with van der Waals surface area (Å²) in [5.74, 6) is 0. The summed E-state index contributed by atoms with van der Waals surface area (Å²) in [6, 6.07) is 16.4. The Kier molecular flexibility index (Phi) is 7.52. The molecule has 0 aliphatic carbocycles. The van der Waals surface area contributed by atoms with Gasteiger partial charge in [-0.2, -0.15) is 0 Å². The minimum atomic E-state index is -1.76. The van der Waals surface area contributed by atoms with E-state index < -0.39 is 26.5 Å². The first kappa shape index (κ1) is 18.6. The van der Waals surface area contributed by atoms with E-state index in [2.05, 4.69) is 51.1 Å². The monoisotopic (exact) mass is 424 g/mol. The summed E-state index contributed by atoms with van der Waals surface area (Å²) in [5.41, 5.74) is 0. The summed E-state index contributed by atoms with van der Waals surface area (Å²) in [5, 5.41) is 1.77. The molecule has 2 heteroatoms. The van der Waals surface area contributed by atoms with Gasteiger partial charge in [-0.1, -0.05) is 0 Å². The van der Waals surface area contributed by atoms with Gasteiger partial charge in [-0.3, -0.25) is 0 Å². The van der Waals surface area contributed by atoms with Crippen molar-refractivity contribution in [3.63, 3.8) is 0 Å². The molecule has 1 aromatic carbocycles. The van der Waals surface area contributed by atoms with Gasteiger partial charge in [0.2, 0.25) is 0 Å². The molecule has 0 radical (unpaired) electrons. The average Bonchev–Trinajstić information content (AvgIpc) is 2.60. The van der Waals surface area contributed by atoms with Gasteiger partial charge >= 0.3 is 144 Å². The fraction of sp³-hybridized carbons (Fsp3) is 0.700. The Hall–Kier alpha value is 0.236. The Morgan fingerprint density at radius 3 is 1.86 bits per heavy atom. The van der Waals surface area contributed by atoms with E-state index in [1.807, 2.05) is 0 Å². The molecular weight excluding hydrogens is 387 g/mol. The summed E-state index contributed by atoms with van der Waals surface area (Å²) >= 11 is -1.76. The zero-order chi connectivity index (χ0) is 15.9. The molecule has 0 nitrogen and oxygen atoms in total. The zero-order valence-electron chi connectivity index (χ0n) is 15.2. The normalized spacial score (nSPS) is 20.0. The van der Waals surface area contributed by atoms with Gasteiger partial charge in [0.05, 0.1) is 0 Å². The van der Waals surface area contributed by atoms with E-state index in [0.717, 1.165) is 0 Å². The zero-order valence-corrected chi connectivity index (χ0v) is 19.0. The molecule has 1 saturated heterocycles. The Morgan fingerprint density at radius 2 is 1.41 bits per heavy atom. The van der Waals surface area contributed by atoms with E-state index in [-0.39, 0.29) is 0 Å². The summed E-state index contributed by atoms with van der Waals surface area (Å²) < 4.78 is 6.86. The molecular formula is C20H36SiSn. The van der Waals surface area contributed by atoms with Crippen LogP contribution in [0.15, 0.2) is 30.3 Å². The maximum atomic E-state index is 2.49. The Balaban J connectivity index is 2.10. The number of rotatable bonds is 8. The van der Waals surface area contributed by atoms with Gasteiger partial charge < -0.3 is 0 Å². The Labute approximate surface area is 144 Å². The number of unbranched alkanes of at least 4 members (excludes halogenated alkanes) is 2. The molecule has 124 valence electrons. The molecule has 1 aliphatic heterocycles. The number of hydrogen-bond acceptors (Lipinski definition) is 0. The molecule has 0 saturated carbocycles. The van der Waals surface area contributed by atoms with Crippen molar-refractivity contribution in [3.8, 4) is 0 Å². The SMILES string of the molecule is CCC[CH2][Sn]1([CH2]CCC)[CH2]C[Si](CC)(c2ccccc2)C[CH2]1. The molecule has 22 heavy (non-hydrogen) atoms. The van der Waals surface area contributed by atoms with Gasteiger partial charge in [-0.05, 0) is 0 Å². The van der Waals surface area contributed by atoms with Crippen LogP contribution < -0.4 is 5.19 Å². The quantitative estimate of drug-likeness (QED) is 0.423. The molecule has 0 N–H and O–H groups in total. The summed E-state index contributed by atoms with van der Waals surface area (Å²) in [6.45, 7) is 7.26. The van der Waals surface area contributed by atoms with Crippen molar-refractivity contribution >= 4 is 31.6 Å². The van der Waals surface area contributed by atoms with Crippen LogP contribution in [0.5, 0.6) is 0 Å².